The summed E-state index contributed by atoms with van der Waals surface area (Å²) >= 11 is 0. The SMILES string of the molecule is CNCC1CCN(C(=O)CCc2ccc(OC)c(OC)c2OC)CC1.Cl. The fourth-order valence-corrected chi connectivity index (χ4v) is 3.43. The lowest BCUT2D eigenvalue weighted by Crippen LogP contribution is -2.40. The molecule has 0 bridgehead atoms. The Labute approximate surface area is 162 Å². The van der Waals surface area contributed by atoms with E-state index in [0.29, 0.717) is 36.0 Å². The second-order valence-electron chi connectivity index (χ2n) is 6.38. The first kappa shape index (κ1) is 22.4. The highest BCUT2D eigenvalue weighted by molar-refractivity contribution is 5.85. The number of hydrogen-bond donors (Lipinski definition) is 1. The lowest BCUT2D eigenvalue weighted by Gasteiger charge is -2.32. The molecule has 6 nitrogen and oxygen atoms in total. The zero-order chi connectivity index (χ0) is 18.2. The van der Waals surface area contributed by atoms with Crippen LogP contribution in [0.25, 0.3) is 0 Å². The molecule has 1 aliphatic heterocycles. The smallest absolute Gasteiger partial charge is 0.222 e. The third kappa shape index (κ3) is 5.42. The van der Waals surface area contributed by atoms with Crippen LogP contribution in [0, 0.1) is 5.92 Å². The number of aryl methyl sites for hydroxylation is 1. The van der Waals surface area contributed by atoms with E-state index in [4.69, 9.17) is 14.2 Å². The number of ether oxygens (including phenoxy) is 3. The highest BCUT2D eigenvalue weighted by atomic mass is 35.5. The van der Waals surface area contributed by atoms with Crippen molar-refractivity contribution in [2.24, 2.45) is 5.92 Å². The summed E-state index contributed by atoms with van der Waals surface area (Å²) in [6, 6.07) is 3.79. The molecule has 1 N–H and O–H groups in total. The normalized spacial score (nSPS) is 14.5. The van der Waals surface area contributed by atoms with Crippen LogP contribution in [0.15, 0.2) is 12.1 Å². The van der Waals surface area contributed by atoms with Gasteiger partial charge in [0, 0.05) is 19.5 Å². The van der Waals surface area contributed by atoms with Gasteiger partial charge in [0.25, 0.3) is 0 Å². The molecular formula is C19H31ClN2O4. The average molecular weight is 387 g/mol. The summed E-state index contributed by atoms with van der Waals surface area (Å²) in [5, 5.41) is 3.22. The van der Waals surface area contributed by atoms with Crippen molar-refractivity contribution in [3.8, 4) is 17.2 Å². The minimum absolute atomic E-state index is 0. The Hall–Kier alpha value is -1.66. The molecule has 2 rings (SSSR count). The Morgan fingerprint density at radius 2 is 1.77 bits per heavy atom. The van der Waals surface area contributed by atoms with Gasteiger partial charge in [0.2, 0.25) is 11.7 Å². The summed E-state index contributed by atoms with van der Waals surface area (Å²) in [7, 11) is 6.77. The molecule has 0 unspecified atom stereocenters. The Morgan fingerprint density at radius 1 is 1.12 bits per heavy atom. The van der Waals surface area contributed by atoms with E-state index in [1.165, 1.54) is 0 Å². The van der Waals surface area contributed by atoms with Gasteiger partial charge in [0.1, 0.15) is 0 Å². The third-order valence-corrected chi connectivity index (χ3v) is 4.85. The summed E-state index contributed by atoms with van der Waals surface area (Å²) in [6.45, 7) is 2.74. The van der Waals surface area contributed by atoms with Gasteiger partial charge in [-0.15, -0.1) is 12.4 Å². The number of likely N-dealkylation sites (tertiary alicyclic amines) is 1. The van der Waals surface area contributed by atoms with Gasteiger partial charge in [-0.2, -0.15) is 0 Å². The summed E-state index contributed by atoms with van der Waals surface area (Å²) in [4.78, 5) is 14.5. The molecule has 1 heterocycles. The molecule has 1 aromatic carbocycles. The van der Waals surface area contributed by atoms with Crippen molar-refractivity contribution in [3.63, 3.8) is 0 Å². The first-order valence-electron chi connectivity index (χ1n) is 8.84. The minimum Gasteiger partial charge on any atom is -0.493 e. The Bertz CT molecular complexity index is 575. The van der Waals surface area contributed by atoms with Crippen molar-refractivity contribution in [2.75, 3.05) is 48.0 Å². The van der Waals surface area contributed by atoms with Crippen molar-refractivity contribution >= 4 is 18.3 Å². The van der Waals surface area contributed by atoms with Crippen LogP contribution in [0.2, 0.25) is 0 Å². The molecule has 148 valence electrons. The molecule has 0 spiro atoms. The maximum Gasteiger partial charge on any atom is 0.222 e. The highest BCUT2D eigenvalue weighted by Crippen LogP contribution is 2.40. The van der Waals surface area contributed by atoms with Crippen LogP contribution >= 0.6 is 12.4 Å². The third-order valence-electron chi connectivity index (χ3n) is 4.85. The maximum absolute atomic E-state index is 12.5. The zero-order valence-electron chi connectivity index (χ0n) is 16.2. The van der Waals surface area contributed by atoms with Crippen LogP contribution < -0.4 is 19.5 Å². The van der Waals surface area contributed by atoms with Crippen molar-refractivity contribution < 1.29 is 19.0 Å². The number of nitrogens with one attached hydrogen (secondary N) is 1. The van der Waals surface area contributed by atoms with Gasteiger partial charge >= 0.3 is 0 Å². The van der Waals surface area contributed by atoms with Crippen LogP contribution in [0.1, 0.15) is 24.8 Å². The van der Waals surface area contributed by atoms with Crippen molar-refractivity contribution in [2.45, 2.75) is 25.7 Å². The number of halogens is 1. The number of carbonyl (C=O) groups is 1. The predicted molar refractivity (Wildman–Crippen MR) is 105 cm³/mol. The molecule has 0 saturated carbocycles. The van der Waals surface area contributed by atoms with Gasteiger partial charge in [0.15, 0.2) is 11.5 Å². The molecule has 1 amide bonds. The fraction of sp³-hybridized carbons (Fsp3) is 0.632. The van der Waals surface area contributed by atoms with Crippen LogP contribution in [0.4, 0.5) is 0 Å². The fourth-order valence-electron chi connectivity index (χ4n) is 3.43. The van der Waals surface area contributed by atoms with Crippen molar-refractivity contribution in [3.05, 3.63) is 17.7 Å². The summed E-state index contributed by atoms with van der Waals surface area (Å²) in [5.41, 5.74) is 0.957. The second-order valence-corrected chi connectivity index (χ2v) is 6.38. The average Bonchev–Trinajstić information content (AvgIpc) is 2.65. The molecule has 7 heteroatoms. The summed E-state index contributed by atoms with van der Waals surface area (Å²) < 4.78 is 16.2. The molecule has 0 aromatic heterocycles. The highest BCUT2D eigenvalue weighted by Gasteiger charge is 2.23. The van der Waals surface area contributed by atoms with Crippen molar-refractivity contribution in [1.82, 2.24) is 10.2 Å². The Morgan fingerprint density at radius 3 is 2.31 bits per heavy atom. The number of hydrogen-bond acceptors (Lipinski definition) is 5. The maximum atomic E-state index is 12.5. The molecule has 0 aliphatic carbocycles. The van der Waals surface area contributed by atoms with Gasteiger partial charge in [0.05, 0.1) is 21.3 Å². The zero-order valence-corrected chi connectivity index (χ0v) is 17.0. The number of carbonyl (C=O) groups excluding carboxylic acids is 1. The van der Waals surface area contributed by atoms with Crippen LogP contribution in [-0.2, 0) is 11.2 Å². The van der Waals surface area contributed by atoms with Gasteiger partial charge in [-0.1, -0.05) is 6.07 Å². The Kier molecular flexibility index (Phi) is 9.59. The van der Waals surface area contributed by atoms with Crippen LogP contribution in [0.5, 0.6) is 17.2 Å². The quantitative estimate of drug-likeness (QED) is 0.743. The molecule has 1 aromatic rings. The minimum atomic E-state index is 0. The number of rotatable bonds is 8. The molecule has 1 aliphatic rings. The van der Waals surface area contributed by atoms with E-state index in [0.717, 1.165) is 38.0 Å². The number of methoxy groups -OCH3 is 3. The topological polar surface area (TPSA) is 60.0 Å². The second kappa shape index (κ2) is 11.1. The predicted octanol–water partition coefficient (Wildman–Crippen LogP) is 2.52. The van der Waals surface area contributed by atoms with Crippen LogP contribution in [-0.4, -0.2) is 58.8 Å². The Balaban J connectivity index is 0.00000338. The van der Waals surface area contributed by atoms with Gasteiger partial charge < -0.3 is 24.4 Å². The van der Waals surface area contributed by atoms with E-state index in [1.807, 2.05) is 24.1 Å². The van der Waals surface area contributed by atoms with Gasteiger partial charge in [-0.25, -0.2) is 0 Å². The first-order chi connectivity index (χ1) is 12.1. The molecule has 0 radical (unpaired) electrons. The monoisotopic (exact) mass is 386 g/mol. The van der Waals surface area contributed by atoms with Gasteiger partial charge in [-0.05, 0) is 50.4 Å². The van der Waals surface area contributed by atoms with E-state index in [1.54, 1.807) is 21.3 Å². The standard InChI is InChI=1S/C19H30N2O4.ClH/c1-20-13-14-9-11-21(12-10-14)17(22)8-6-15-5-7-16(23-2)19(25-4)18(15)24-3;/h5,7,14,20H,6,8-13H2,1-4H3;1H. The number of amides is 1. The number of piperidine rings is 1. The first-order valence-corrected chi connectivity index (χ1v) is 8.84. The summed E-state index contributed by atoms with van der Waals surface area (Å²) in [6.07, 6.45) is 3.25. The van der Waals surface area contributed by atoms with E-state index in [-0.39, 0.29) is 18.3 Å². The molecule has 26 heavy (non-hydrogen) atoms. The molecule has 1 saturated heterocycles. The van der Waals surface area contributed by atoms with E-state index < -0.39 is 0 Å². The van der Waals surface area contributed by atoms with E-state index in [2.05, 4.69) is 5.32 Å². The number of nitrogens with zero attached hydrogens (tertiary/aromatic N) is 1. The molecule has 0 atom stereocenters. The van der Waals surface area contributed by atoms with Crippen LogP contribution in [0.3, 0.4) is 0 Å². The van der Waals surface area contributed by atoms with Gasteiger partial charge in [-0.3, -0.25) is 4.79 Å². The largest absolute Gasteiger partial charge is 0.493 e. The lowest BCUT2D eigenvalue weighted by molar-refractivity contribution is -0.132. The van der Waals surface area contributed by atoms with E-state index >= 15 is 0 Å². The molecule has 1 fully saturated rings. The van der Waals surface area contributed by atoms with E-state index in [9.17, 15) is 4.79 Å². The number of benzene rings is 1. The lowest BCUT2D eigenvalue weighted by atomic mass is 9.96. The van der Waals surface area contributed by atoms with Crippen molar-refractivity contribution in [1.29, 1.82) is 0 Å². The summed E-state index contributed by atoms with van der Waals surface area (Å²) in [5.74, 6) is 2.73. The molecular weight excluding hydrogens is 356 g/mol.